The summed E-state index contributed by atoms with van der Waals surface area (Å²) in [6.07, 6.45) is 4.34. The second kappa shape index (κ2) is 7.66. The molecule has 2 rings (SSSR count). The van der Waals surface area contributed by atoms with Crippen LogP contribution in [0, 0.1) is 20.8 Å². The summed E-state index contributed by atoms with van der Waals surface area (Å²) in [5, 5.41) is 7.31. The lowest BCUT2D eigenvalue weighted by Gasteiger charge is -2.12. The Morgan fingerprint density at radius 2 is 2.13 bits per heavy atom. The summed E-state index contributed by atoms with van der Waals surface area (Å²) in [5.41, 5.74) is 10.8. The Kier molecular flexibility index (Phi) is 5.85. The van der Waals surface area contributed by atoms with E-state index in [1.54, 1.807) is 18.0 Å². The molecule has 0 aliphatic carbocycles. The van der Waals surface area contributed by atoms with E-state index >= 15 is 0 Å². The van der Waals surface area contributed by atoms with E-state index in [0.29, 0.717) is 12.1 Å². The average Bonchev–Trinajstić information content (AvgIpc) is 2.88. The predicted octanol–water partition coefficient (Wildman–Crippen LogP) is 2.82. The molecule has 1 atom stereocenters. The molecule has 124 valence electrons. The van der Waals surface area contributed by atoms with Gasteiger partial charge in [0.25, 0.3) is 0 Å². The number of aryl methyl sites for hydroxylation is 2. The maximum Gasteiger partial charge on any atom is 0.241 e. The number of amides is 1. The Morgan fingerprint density at radius 3 is 2.83 bits per heavy atom. The summed E-state index contributed by atoms with van der Waals surface area (Å²) < 4.78 is 1.85. The normalized spacial score (nSPS) is 12.2. The van der Waals surface area contributed by atoms with Gasteiger partial charge in [0.1, 0.15) is 0 Å². The number of benzene rings is 1. The lowest BCUT2D eigenvalue weighted by Crippen LogP contribution is -2.36. The number of hydrogen-bond acceptors (Lipinski definition) is 4. The number of nitrogens with two attached hydrogens (primary N) is 1. The molecule has 1 heterocycles. The molecule has 0 aliphatic rings. The van der Waals surface area contributed by atoms with Crippen LogP contribution in [-0.4, -0.2) is 33.7 Å². The van der Waals surface area contributed by atoms with E-state index in [0.717, 1.165) is 22.7 Å². The van der Waals surface area contributed by atoms with Crippen molar-refractivity contribution in [3.63, 3.8) is 0 Å². The van der Waals surface area contributed by atoms with Gasteiger partial charge in [0.05, 0.1) is 29.3 Å². The molecule has 0 bridgehead atoms. The first-order valence-corrected chi connectivity index (χ1v) is 9.01. The van der Waals surface area contributed by atoms with Crippen LogP contribution in [0.15, 0.2) is 24.4 Å². The highest BCUT2D eigenvalue weighted by Gasteiger charge is 2.17. The van der Waals surface area contributed by atoms with Crippen LogP contribution < -0.4 is 11.1 Å². The SMILES string of the molecule is CSCCC(N)C(=O)Nc1cnn(-c2cc(C)ccc2C)c1C. The summed E-state index contributed by atoms with van der Waals surface area (Å²) in [6.45, 7) is 6.04. The van der Waals surface area contributed by atoms with Crippen molar-refractivity contribution in [2.24, 2.45) is 5.73 Å². The lowest BCUT2D eigenvalue weighted by atomic mass is 10.1. The molecule has 1 amide bonds. The zero-order valence-corrected chi connectivity index (χ0v) is 14.9. The van der Waals surface area contributed by atoms with Crippen molar-refractivity contribution < 1.29 is 4.79 Å². The van der Waals surface area contributed by atoms with Crippen molar-refractivity contribution in [2.45, 2.75) is 33.2 Å². The number of aromatic nitrogens is 2. The van der Waals surface area contributed by atoms with E-state index in [1.165, 1.54) is 5.56 Å². The minimum atomic E-state index is -0.495. The minimum absolute atomic E-state index is 0.164. The highest BCUT2D eigenvalue weighted by Crippen LogP contribution is 2.22. The zero-order chi connectivity index (χ0) is 17.0. The van der Waals surface area contributed by atoms with Crippen molar-refractivity contribution in [2.75, 3.05) is 17.3 Å². The van der Waals surface area contributed by atoms with Crippen LogP contribution in [0.1, 0.15) is 23.2 Å². The van der Waals surface area contributed by atoms with Gasteiger partial charge in [-0.1, -0.05) is 12.1 Å². The van der Waals surface area contributed by atoms with Gasteiger partial charge in [0.15, 0.2) is 0 Å². The van der Waals surface area contributed by atoms with Crippen molar-refractivity contribution >= 4 is 23.4 Å². The molecule has 0 aliphatic heterocycles. The number of nitrogens with zero attached hydrogens (tertiary/aromatic N) is 2. The highest BCUT2D eigenvalue weighted by atomic mass is 32.2. The quantitative estimate of drug-likeness (QED) is 0.853. The molecular weight excluding hydrogens is 308 g/mol. The van der Waals surface area contributed by atoms with Gasteiger partial charge in [-0.15, -0.1) is 0 Å². The van der Waals surface area contributed by atoms with Crippen LogP contribution in [0.4, 0.5) is 5.69 Å². The first kappa shape index (κ1) is 17.6. The van der Waals surface area contributed by atoms with E-state index < -0.39 is 6.04 Å². The fourth-order valence-electron chi connectivity index (χ4n) is 2.32. The maximum atomic E-state index is 12.2. The first-order valence-electron chi connectivity index (χ1n) is 7.61. The van der Waals surface area contributed by atoms with Gasteiger partial charge in [-0.2, -0.15) is 16.9 Å². The van der Waals surface area contributed by atoms with Gasteiger partial charge in [-0.25, -0.2) is 4.68 Å². The number of nitrogens with one attached hydrogen (secondary N) is 1. The standard InChI is InChI=1S/C17H24N4OS/c1-11-5-6-12(2)16(9-11)21-13(3)15(10-19-21)20-17(22)14(18)7-8-23-4/h5-6,9-10,14H,7-8,18H2,1-4H3,(H,20,22). The van der Waals surface area contributed by atoms with Gasteiger partial charge in [-0.3, -0.25) is 4.79 Å². The largest absolute Gasteiger partial charge is 0.322 e. The Labute approximate surface area is 141 Å². The summed E-state index contributed by atoms with van der Waals surface area (Å²) in [4.78, 5) is 12.2. The molecular formula is C17H24N4OS. The Bertz CT molecular complexity index is 696. The summed E-state index contributed by atoms with van der Waals surface area (Å²) in [5.74, 6) is 0.706. The molecule has 0 fully saturated rings. The second-order valence-electron chi connectivity index (χ2n) is 5.72. The molecule has 6 heteroatoms. The highest BCUT2D eigenvalue weighted by molar-refractivity contribution is 7.98. The van der Waals surface area contributed by atoms with E-state index in [1.807, 2.05) is 24.8 Å². The monoisotopic (exact) mass is 332 g/mol. The molecule has 0 spiro atoms. The number of carbonyl (C=O) groups is 1. The molecule has 0 saturated heterocycles. The third-order valence-electron chi connectivity index (χ3n) is 3.83. The van der Waals surface area contributed by atoms with Gasteiger partial charge in [-0.05, 0) is 56.4 Å². The molecule has 0 saturated carbocycles. The molecule has 0 radical (unpaired) electrons. The fraction of sp³-hybridized carbons (Fsp3) is 0.412. The van der Waals surface area contributed by atoms with Crippen molar-refractivity contribution in [3.05, 3.63) is 41.2 Å². The third kappa shape index (κ3) is 4.14. The zero-order valence-electron chi connectivity index (χ0n) is 14.1. The van der Waals surface area contributed by atoms with Crippen LogP contribution >= 0.6 is 11.8 Å². The van der Waals surface area contributed by atoms with Crippen LogP contribution in [0.3, 0.4) is 0 Å². The Morgan fingerprint density at radius 1 is 1.39 bits per heavy atom. The fourth-order valence-corrected chi connectivity index (χ4v) is 2.81. The van der Waals surface area contributed by atoms with Crippen molar-refractivity contribution in [3.8, 4) is 5.69 Å². The van der Waals surface area contributed by atoms with Gasteiger partial charge < -0.3 is 11.1 Å². The van der Waals surface area contributed by atoms with Crippen molar-refractivity contribution in [1.82, 2.24) is 9.78 Å². The number of hydrogen-bond donors (Lipinski definition) is 2. The number of thioether (sulfide) groups is 1. The van der Waals surface area contributed by atoms with Gasteiger partial charge in [0.2, 0.25) is 5.91 Å². The lowest BCUT2D eigenvalue weighted by molar-refractivity contribution is -0.117. The molecule has 1 unspecified atom stereocenters. The molecule has 1 aromatic heterocycles. The van der Waals surface area contributed by atoms with E-state index in [-0.39, 0.29) is 5.91 Å². The maximum absolute atomic E-state index is 12.2. The summed E-state index contributed by atoms with van der Waals surface area (Å²) >= 11 is 1.68. The number of rotatable bonds is 6. The van der Waals surface area contributed by atoms with E-state index in [2.05, 4.69) is 35.5 Å². The van der Waals surface area contributed by atoms with Gasteiger partial charge >= 0.3 is 0 Å². The number of carbonyl (C=O) groups excluding carboxylic acids is 1. The van der Waals surface area contributed by atoms with Crippen molar-refractivity contribution in [1.29, 1.82) is 0 Å². The smallest absolute Gasteiger partial charge is 0.241 e. The number of anilines is 1. The molecule has 5 nitrogen and oxygen atoms in total. The van der Waals surface area contributed by atoms with Crippen LogP contribution in [-0.2, 0) is 4.79 Å². The first-order chi connectivity index (χ1) is 10.9. The topological polar surface area (TPSA) is 72.9 Å². The minimum Gasteiger partial charge on any atom is -0.322 e. The van der Waals surface area contributed by atoms with Crippen LogP contribution in [0.2, 0.25) is 0 Å². The molecule has 23 heavy (non-hydrogen) atoms. The van der Waals surface area contributed by atoms with Crippen LogP contribution in [0.25, 0.3) is 5.69 Å². The molecule has 3 N–H and O–H groups in total. The van der Waals surface area contributed by atoms with E-state index in [4.69, 9.17) is 5.73 Å². The second-order valence-corrected chi connectivity index (χ2v) is 6.71. The third-order valence-corrected chi connectivity index (χ3v) is 4.47. The average molecular weight is 332 g/mol. The van der Waals surface area contributed by atoms with E-state index in [9.17, 15) is 4.79 Å². The van der Waals surface area contributed by atoms with Gasteiger partial charge in [0, 0.05) is 0 Å². The Balaban J connectivity index is 2.19. The molecule has 2 aromatic rings. The predicted molar refractivity (Wildman–Crippen MR) is 97.4 cm³/mol. The molecule has 1 aromatic carbocycles. The summed E-state index contributed by atoms with van der Waals surface area (Å²) in [7, 11) is 0. The van der Waals surface area contributed by atoms with Crippen LogP contribution in [0.5, 0.6) is 0 Å². The summed E-state index contributed by atoms with van der Waals surface area (Å²) in [6, 6.07) is 5.74. The Hall–Kier alpha value is -1.79.